The van der Waals surface area contributed by atoms with Gasteiger partial charge in [-0.15, -0.1) is 0 Å². The molecule has 0 aromatic rings. The molecule has 0 heterocycles. The average Bonchev–Trinajstić information content (AvgIpc) is 2.34. The molecule has 2 unspecified atom stereocenters. The SMILES string of the molecule is CC1(C)C2CC/C(=C\C(=N\O)C(N)=O)C1([N+](=O)[O-])C2. The Labute approximate surface area is 110 Å². The topological polar surface area (TPSA) is 119 Å². The fourth-order valence-corrected chi connectivity index (χ4v) is 3.56. The zero-order chi connectivity index (χ0) is 14.4. The Morgan fingerprint density at radius 3 is 2.68 bits per heavy atom. The molecule has 7 heteroatoms. The maximum Gasteiger partial charge on any atom is 0.270 e. The fraction of sp³-hybridized carbons (Fsp3) is 0.667. The number of amides is 1. The molecule has 104 valence electrons. The number of oxime groups is 1. The maximum absolute atomic E-state index is 11.5. The number of carbonyl (C=O) groups excluding carboxylic acids is 1. The molecule has 7 nitrogen and oxygen atoms in total. The van der Waals surface area contributed by atoms with Gasteiger partial charge in [-0.05, 0) is 24.8 Å². The van der Waals surface area contributed by atoms with E-state index in [1.54, 1.807) is 0 Å². The largest absolute Gasteiger partial charge is 0.410 e. The van der Waals surface area contributed by atoms with Crippen molar-refractivity contribution in [3.63, 3.8) is 0 Å². The highest BCUT2D eigenvalue weighted by Gasteiger charge is 2.72. The number of fused-ring (bicyclic) bond motifs is 2. The number of nitrogens with zero attached hydrogens (tertiary/aromatic N) is 2. The molecule has 2 bridgehead atoms. The molecule has 3 saturated carbocycles. The summed E-state index contributed by atoms with van der Waals surface area (Å²) in [5.41, 5.74) is 3.63. The third-order valence-corrected chi connectivity index (χ3v) is 4.90. The molecule has 0 saturated heterocycles. The van der Waals surface area contributed by atoms with E-state index >= 15 is 0 Å². The van der Waals surface area contributed by atoms with Crippen molar-refractivity contribution in [2.75, 3.05) is 0 Å². The van der Waals surface area contributed by atoms with Gasteiger partial charge in [-0.3, -0.25) is 14.9 Å². The minimum absolute atomic E-state index is 0.273. The Hall–Kier alpha value is -1.92. The zero-order valence-electron chi connectivity index (χ0n) is 10.9. The van der Waals surface area contributed by atoms with E-state index in [9.17, 15) is 14.9 Å². The highest BCUT2D eigenvalue weighted by atomic mass is 16.6. The van der Waals surface area contributed by atoms with E-state index in [-0.39, 0.29) is 10.6 Å². The van der Waals surface area contributed by atoms with Gasteiger partial charge in [-0.2, -0.15) is 0 Å². The van der Waals surface area contributed by atoms with E-state index in [1.165, 1.54) is 6.08 Å². The first-order valence-electron chi connectivity index (χ1n) is 6.14. The Balaban J connectivity index is 2.48. The molecular weight excluding hydrogens is 250 g/mol. The molecule has 3 fully saturated rings. The normalized spacial score (nSPS) is 34.7. The first-order valence-corrected chi connectivity index (χ1v) is 6.14. The van der Waals surface area contributed by atoms with Gasteiger partial charge < -0.3 is 10.9 Å². The van der Waals surface area contributed by atoms with E-state index in [2.05, 4.69) is 5.16 Å². The van der Waals surface area contributed by atoms with Crippen LogP contribution in [0.2, 0.25) is 0 Å². The first-order chi connectivity index (χ1) is 8.77. The average molecular weight is 267 g/mol. The second-order valence-corrected chi connectivity index (χ2v) is 5.80. The number of primary amides is 1. The van der Waals surface area contributed by atoms with E-state index in [0.29, 0.717) is 24.3 Å². The molecule has 3 aliphatic carbocycles. The van der Waals surface area contributed by atoms with Crippen molar-refractivity contribution in [2.24, 2.45) is 22.2 Å². The standard InChI is InChI=1S/C12H17N3O4/c1-11(2)8-4-3-7(5-9(14-17)10(13)16)12(11,6-8)15(18)19/h5,8,17H,3-4,6H2,1-2H3,(H2,13,16)/b7-5+,14-9-. The van der Waals surface area contributed by atoms with Gasteiger partial charge in [0.15, 0.2) is 5.71 Å². The third-order valence-electron chi connectivity index (χ3n) is 4.90. The highest BCUT2D eigenvalue weighted by Crippen LogP contribution is 2.65. The Kier molecular flexibility index (Phi) is 2.87. The second kappa shape index (κ2) is 4.04. The highest BCUT2D eigenvalue weighted by molar-refractivity contribution is 6.42. The van der Waals surface area contributed by atoms with Gasteiger partial charge in [0, 0.05) is 22.3 Å². The van der Waals surface area contributed by atoms with Gasteiger partial charge in [-0.25, -0.2) is 0 Å². The van der Waals surface area contributed by atoms with E-state index in [1.807, 2.05) is 13.8 Å². The summed E-state index contributed by atoms with van der Waals surface area (Å²) in [5, 5.41) is 23.1. The molecule has 0 aromatic heterocycles. The molecule has 3 rings (SSSR count). The smallest absolute Gasteiger partial charge is 0.270 e. The molecule has 0 aliphatic heterocycles. The van der Waals surface area contributed by atoms with Crippen LogP contribution >= 0.6 is 0 Å². The number of hydrogen-bond acceptors (Lipinski definition) is 5. The number of carbonyl (C=O) groups is 1. The summed E-state index contributed by atoms with van der Waals surface area (Å²) in [5.74, 6) is -0.578. The van der Waals surface area contributed by atoms with Crippen LogP contribution < -0.4 is 5.73 Å². The Morgan fingerprint density at radius 2 is 2.26 bits per heavy atom. The van der Waals surface area contributed by atoms with Gasteiger partial charge in [-0.1, -0.05) is 19.0 Å². The van der Waals surface area contributed by atoms with Crippen LogP contribution in [0.5, 0.6) is 0 Å². The predicted molar refractivity (Wildman–Crippen MR) is 67.3 cm³/mol. The third kappa shape index (κ3) is 1.57. The molecule has 19 heavy (non-hydrogen) atoms. The second-order valence-electron chi connectivity index (χ2n) is 5.80. The number of nitro groups is 1. The summed E-state index contributed by atoms with van der Waals surface area (Å²) in [7, 11) is 0. The van der Waals surface area contributed by atoms with E-state index < -0.39 is 16.9 Å². The summed E-state index contributed by atoms with van der Waals surface area (Å²) < 4.78 is 0. The first kappa shape index (κ1) is 13.5. The van der Waals surface area contributed by atoms with E-state index in [0.717, 1.165) is 6.42 Å². The van der Waals surface area contributed by atoms with Gasteiger partial charge in [0.05, 0.1) is 0 Å². The maximum atomic E-state index is 11.5. The molecular formula is C12H17N3O4. The molecule has 0 spiro atoms. The number of hydrogen-bond donors (Lipinski definition) is 2. The lowest BCUT2D eigenvalue weighted by Crippen LogP contribution is -2.68. The van der Waals surface area contributed by atoms with Crippen molar-refractivity contribution in [3.8, 4) is 0 Å². The zero-order valence-corrected chi connectivity index (χ0v) is 10.9. The van der Waals surface area contributed by atoms with Gasteiger partial charge in [0.1, 0.15) is 0 Å². The van der Waals surface area contributed by atoms with Crippen molar-refractivity contribution in [2.45, 2.75) is 38.6 Å². The minimum atomic E-state index is -1.17. The fourth-order valence-electron chi connectivity index (χ4n) is 3.56. The predicted octanol–water partition coefficient (Wildman–Crippen LogP) is 1.08. The van der Waals surface area contributed by atoms with Gasteiger partial charge in [0.25, 0.3) is 5.91 Å². The number of rotatable bonds is 3. The molecule has 0 radical (unpaired) electrons. The van der Waals surface area contributed by atoms with Crippen LogP contribution in [0.4, 0.5) is 0 Å². The van der Waals surface area contributed by atoms with Crippen molar-refractivity contribution < 1.29 is 14.9 Å². The summed E-state index contributed by atoms with van der Waals surface area (Å²) >= 11 is 0. The summed E-state index contributed by atoms with van der Waals surface area (Å²) in [6.07, 6.45) is 3.12. The Bertz CT molecular complexity index is 509. The van der Waals surface area contributed by atoms with Crippen molar-refractivity contribution in [1.82, 2.24) is 0 Å². The number of nitrogens with two attached hydrogens (primary N) is 1. The lowest BCUT2D eigenvalue weighted by atomic mass is 9.42. The van der Waals surface area contributed by atoms with Crippen molar-refractivity contribution >= 4 is 11.6 Å². The molecule has 0 aromatic carbocycles. The van der Waals surface area contributed by atoms with Gasteiger partial charge >= 0.3 is 0 Å². The monoisotopic (exact) mass is 267 g/mol. The summed E-state index contributed by atoms with van der Waals surface area (Å²) in [4.78, 5) is 22.3. The van der Waals surface area contributed by atoms with Crippen LogP contribution in [0, 0.1) is 21.4 Å². The van der Waals surface area contributed by atoms with Crippen molar-refractivity contribution in [3.05, 3.63) is 21.8 Å². The molecule has 3 aliphatic rings. The van der Waals surface area contributed by atoms with Crippen LogP contribution in [-0.4, -0.2) is 27.3 Å². The summed E-state index contributed by atoms with van der Waals surface area (Å²) in [6, 6.07) is 0. The minimum Gasteiger partial charge on any atom is -0.410 e. The van der Waals surface area contributed by atoms with Crippen LogP contribution in [0.3, 0.4) is 0 Å². The van der Waals surface area contributed by atoms with E-state index in [4.69, 9.17) is 10.9 Å². The molecule has 1 amide bonds. The quantitative estimate of drug-likeness (QED) is 0.344. The Morgan fingerprint density at radius 1 is 1.63 bits per heavy atom. The van der Waals surface area contributed by atoms with Crippen molar-refractivity contribution in [1.29, 1.82) is 0 Å². The molecule has 3 N–H and O–H groups in total. The van der Waals surface area contributed by atoms with Gasteiger partial charge in [0.2, 0.25) is 5.54 Å². The lowest BCUT2D eigenvalue weighted by Gasteiger charge is -2.59. The molecule has 2 atom stereocenters. The lowest BCUT2D eigenvalue weighted by molar-refractivity contribution is -0.610. The summed E-state index contributed by atoms with van der Waals surface area (Å²) in [6.45, 7) is 3.74. The van der Waals surface area contributed by atoms with Crippen LogP contribution in [0.1, 0.15) is 33.1 Å². The van der Waals surface area contributed by atoms with Crippen LogP contribution in [0.15, 0.2) is 16.8 Å². The van der Waals surface area contributed by atoms with Crippen LogP contribution in [0.25, 0.3) is 0 Å². The van der Waals surface area contributed by atoms with Crippen LogP contribution in [-0.2, 0) is 4.79 Å².